The minimum Gasteiger partial charge on any atom is -0.313 e. The summed E-state index contributed by atoms with van der Waals surface area (Å²) in [4.78, 5) is 16.1. The second-order valence-electron chi connectivity index (χ2n) is 3.89. The first-order valence-corrected chi connectivity index (χ1v) is 5.00. The number of fused-ring (bicyclic) bond motifs is 1. The second-order valence-corrected chi connectivity index (χ2v) is 3.89. The largest absolute Gasteiger partial charge is 0.329 e. The molecule has 1 fully saturated rings. The lowest BCUT2D eigenvalue weighted by atomic mass is 10.2. The zero-order chi connectivity index (χ0) is 10.4. The summed E-state index contributed by atoms with van der Waals surface area (Å²) < 4.78 is 3.51. The Labute approximate surface area is 86.3 Å². The number of imidazole rings is 1. The van der Waals surface area contributed by atoms with Gasteiger partial charge in [-0.05, 0) is 6.07 Å². The molecule has 0 amide bonds. The Morgan fingerprint density at radius 1 is 1.47 bits per heavy atom. The van der Waals surface area contributed by atoms with E-state index in [4.69, 9.17) is 0 Å². The highest BCUT2D eigenvalue weighted by atomic mass is 16.1. The molecule has 15 heavy (non-hydrogen) atoms. The topological polar surface area (TPSA) is 51.9 Å². The third kappa shape index (κ3) is 1.07. The lowest BCUT2D eigenvalue weighted by molar-refractivity contribution is 0.341. The van der Waals surface area contributed by atoms with Gasteiger partial charge in [-0.15, -0.1) is 0 Å². The maximum absolute atomic E-state index is 12.0. The van der Waals surface area contributed by atoms with E-state index >= 15 is 0 Å². The molecule has 5 nitrogen and oxygen atoms in total. The van der Waals surface area contributed by atoms with E-state index in [1.165, 1.54) is 0 Å². The summed E-state index contributed by atoms with van der Waals surface area (Å²) >= 11 is 0. The fourth-order valence-corrected chi connectivity index (χ4v) is 2.02. The smallest absolute Gasteiger partial charge is 0.313 e. The molecule has 2 aromatic rings. The highest BCUT2D eigenvalue weighted by Gasteiger charge is 2.23. The van der Waals surface area contributed by atoms with Gasteiger partial charge in [0.25, 0.3) is 0 Å². The standard InChI is InChI=1S/C10H12N4O/c1-13-8-2-3-11-6-9(8)14(10(13)15)7-4-12-5-7/h2-3,6-7,12H,4-5H2,1H3. The summed E-state index contributed by atoms with van der Waals surface area (Å²) in [6.45, 7) is 1.74. The van der Waals surface area contributed by atoms with Crippen LogP contribution in [0.4, 0.5) is 0 Å². The number of nitrogens with zero attached hydrogens (tertiary/aromatic N) is 3. The van der Waals surface area contributed by atoms with Gasteiger partial charge in [0.1, 0.15) is 0 Å². The first-order valence-electron chi connectivity index (χ1n) is 5.00. The maximum atomic E-state index is 12.0. The molecule has 5 heteroatoms. The van der Waals surface area contributed by atoms with Gasteiger partial charge in [-0.3, -0.25) is 14.1 Å². The summed E-state index contributed by atoms with van der Waals surface area (Å²) in [5.74, 6) is 0. The third-order valence-electron chi connectivity index (χ3n) is 3.02. The van der Waals surface area contributed by atoms with Crippen molar-refractivity contribution in [2.75, 3.05) is 13.1 Å². The summed E-state index contributed by atoms with van der Waals surface area (Å²) in [6, 6.07) is 2.16. The van der Waals surface area contributed by atoms with Crippen LogP contribution >= 0.6 is 0 Å². The minimum atomic E-state index is 0.0458. The minimum absolute atomic E-state index is 0.0458. The van der Waals surface area contributed by atoms with Gasteiger partial charge in [0, 0.05) is 26.3 Å². The Balaban J connectivity index is 2.36. The SMILES string of the molecule is Cn1c(=O)n(C2CNC2)c2cnccc21. The number of hydrogen-bond donors (Lipinski definition) is 1. The van der Waals surface area contributed by atoms with Crippen molar-refractivity contribution in [3.63, 3.8) is 0 Å². The first kappa shape index (κ1) is 8.67. The normalized spacial score (nSPS) is 16.9. The molecule has 1 aliphatic heterocycles. The Hall–Kier alpha value is -1.62. The van der Waals surface area contributed by atoms with E-state index in [0.717, 1.165) is 24.1 Å². The van der Waals surface area contributed by atoms with Gasteiger partial charge < -0.3 is 5.32 Å². The molecular formula is C10H12N4O. The van der Waals surface area contributed by atoms with E-state index in [-0.39, 0.29) is 11.7 Å². The van der Waals surface area contributed by atoms with Crippen LogP contribution in [0.15, 0.2) is 23.3 Å². The average Bonchev–Trinajstić information content (AvgIpc) is 2.42. The first-order chi connectivity index (χ1) is 7.29. The fourth-order valence-electron chi connectivity index (χ4n) is 2.02. The van der Waals surface area contributed by atoms with E-state index in [2.05, 4.69) is 10.3 Å². The predicted molar refractivity (Wildman–Crippen MR) is 56.9 cm³/mol. The molecule has 3 rings (SSSR count). The lowest BCUT2D eigenvalue weighted by Crippen LogP contribution is -2.46. The van der Waals surface area contributed by atoms with E-state index in [1.807, 2.05) is 10.6 Å². The molecule has 0 saturated carbocycles. The van der Waals surface area contributed by atoms with Gasteiger partial charge in [-0.1, -0.05) is 0 Å². The molecule has 0 aromatic carbocycles. The molecule has 0 aliphatic carbocycles. The zero-order valence-corrected chi connectivity index (χ0v) is 8.47. The fraction of sp³-hybridized carbons (Fsp3) is 0.400. The van der Waals surface area contributed by atoms with E-state index in [1.54, 1.807) is 24.0 Å². The molecule has 1 N–H and O–H groups in total. The predicted octanol–water partition coefficient (Wildman–Crippen LogP) is -0.121. The Morgan fingerprint density at radius 3 is 2.93 bits per heavy atom. The summed E-state index contributed by atoms with van der Waals surface area (Å²) in [5, 5.41) is 3.17. The molecule has 2 aromatic heterocycles. The van der Waals surface area contributed by atoms with Gasteiger partial charge in [-0.2, -0.15) is 0 Å². The van der Waals surface area contributed by atoms with Crippen molar-refractivity contribution in [2.45, 2.75) is 6.04 Å². The highest BCUT2D eigenvalue weighted by Crippen LogP contribution is 2.17. The van der Waals surface area contributed by atoms with Crippen LogP contribution in [0.25, 0.3) is 11.0 Å². The molecule has 1 aliphatic rings. The molecular weight excluding hydrogens is 192 g/mol. The van der Waals surface area contributed by atoms with E-state index in [0.29, 0.717) is 0 Å². The van der Waals surface area contributed by atoms with E-state index in [9.17, 15) is 4.79 Å². The van der Waals surface area contributed by atoms with Crippen LogP contribution in [0.2, 0.25) is 0 Å². The Morgan fingerprint density at radius 2 is 2.27 bits per heavy atom. The molecule has 1 saturated heterocycles. The second kappa shape index (κ2) is 2.93. The van der Waals surface area contributed by atoms with Crippen LogP contribution in [-0.2, 0) is 7.05 Å². The van der Waals surface area contributed by atoms with Crippen LogP contribution < -0.4 is 11.0 Å². The van der Waals surface area contributed by atoms with Gasteiger partial charge in [0.2, 0.25) is 0 Å². The quantitative estimate of drug-likeness (QED) is 0.704. The number of aryl methyl sites for hydroxylation is 1. The molecule has 0 atom stereocenters. The number of nitrogens with one attached hydrogen (secondary N) is 1. The van der Waals surface area contributed by atoms with Gasteiger partial charge >= 0.3 is 5.69 Å². The summed E-state index contributed by atoms with van der Waals surface area (Å²) in [7, 11) is 1.80. The monoisotopic (exact) mass is 204 g/mol. The maximum Gasteiger partial charge on any atom is 0.329 e. The van der Waals surface area contributed by atoms with Crippen molar-refractivity contribution in [1.82, 2.24) is 19.4 Å². The highest BCUT2D eigenvalue weighted by molar-refractivity contribution is 5.74. The van der Waals surface area contributed by atoms with Crippen molar-refractivity contribution in [3.05, 3.63) is 28.9 Å². The molecule has 0 bridgehead atoms. The number of hydrogen-bond acceptors (Lipinski definition) is 3. The van der Waals surface area contributed by atoms with Crippen molar-refractivity contribution in [2.24, 2.45) is 7.05 Å². The van der Waals surface area contributed by atoms with Crippen LogP contribution in [0.1, 0.15) is 6.04 Å². The number of rotatable bonds is 1. The van der Waals surface area contributed by atoms with Gasteiger partial charge in [0.05, 0.1) is 23.3 Å². The number of pyridine rings is 1. The summed E-state index contributed by atoms with van der Waals surface area (Å²) in [5.41, 5.74) is 1.92. The van der Waals surface area contributed by atoms with Gasteiger partial charge in [0.15, 0.2) is 0 Å². The van der Waals surface area contributed by atoms with Crippen molar-refractivity contribution in [3.8, 4) is 0 Å². The van der Waals surface area contributed by atoms with Crippen LogP contribution in [-0.4, -0.2) is 27.2 Å². The molecule has 78 valence electrons. The molecule has 0 radical (unpaired) electrons. The van der Waals surface area contributed by atoms with E-state index < -0.39 is 0 Å². The Bertz CT molecular complexity index is 564. The average molecular weight is 204 g/mol. The number of aromatic nitrogens is 3. The third-order valence-corrected chi connectivity index (χ3v) is 3.02. The zero-order valence-electron chi connectivity index (χ0n) is 8.47. The van der Waals surface area contributed by atoms with Crippen LogP contribution in [0, 0.1) is 0 Å². The van der Waals surface area contributed by atoms with Crippen molar-refractivity contribution >= 4 is 11.0 Å². The van der Waals surface area contributed by atoms with Crippen molar-refractivity contribution in [1.29, 1.82) is 0 Å². The van der Waals surface area contributed by atoms with Crippen LogP contribution in [0.5, 0.6) is 0 Å². The van der Waals surface area contributed by atoms with Gasteiger partial charge in [-0.25, -0.2) is 4.79 Å². The lowest BCUT2D eigenvalue weighted by Gasteiger charge is -2.28. The summed E-state index contributed by atoms with van der Waals surface area (Å²) in [6.07, 6.45) is 3.47. The van der Waals surface area contributed by atoms with Crippen molar-refractivity contribution < 1.29 is 0 Å². The molecule has 0 spiro atoms. The Kier molecular flexibility index (Phi) is 1.70. The molecule has 3 heterocycles. The van der Waals surface area contributed by atoms with Crippen LogP contribution in [0.3, 0.4) is 0 Å². The molecule has 0 unspecified atom stereocenters.